The maximum Gasteiger partial charge on any atom is 0.0402 e. The Morgan fingerprint density at radius 2 is 1.37 bits per heavy atom. The molecule has 0 aromatic heterocycles. The Hall–Kier alpha value is -0.500. The van der Waals surface area contributed by atoms with Crippen LogP contribution in [-0.2, 0) is 0 Å². The van der Waals surface area contributed by atoms with Crippen molar-refractivity contribution in [2.75, 3.05) is 5.32 Å². The molecule has 19 heavy (non-hydrogen) atoms. The molecular formula is C17H28BrN. The van der Waals surface area contributed by atoms with Gasteiger partial charge in [-0.15, -0.1) is 0 Å². The van der Waals surface area contributed by atoms with Crippen LogP contribution in [-0.4, -0.2) is 6.04 Å². The van der Waals surface area contributed by atoms with Gasteiger partial charge in [0.25, 0.3) is 0 Å². The second-order valence-electron chi connectivity index (χ2n) is 6.51. The lowest BCUT2D eigenvalue weighted by Gasteiger charge is -2.25. The van der Waals surface area contributed by atoms with E-state index in [-0.39, 0.29) is 0 Å². The third-order valence-electron chi connectivity index (χ3n) is 3.36. The van der Waals surface area contributed by atoms with Crippen LogP contribution in [0.2, 0.25) is 0 Å². The van der Waals surface area contributed by atoms with Gasteiger partial charge in [-0.25, -0.2) is 0 Å². The maximum absolute atomic E-state index is 3.78. The van der Waals surface area contributed by atoms with Crippen molar-refractivity contribution >= 4 is 21.6 Å². The van der Waals surface area contributed by atoms with E-state index < -0.39 is 0 Å². The zero-order valence-corrected chi connectivity index (χ0v) is 14.8. The van der Waals surface area contributed by atoms with Crippen molar-refractivity contribution in [3.05, 3.63) is 27.7 Å². The Bertz CT molecular complexity index is 377. The molecule has 0 spiro atoms. The molecule has 0 aliphatic rings. The highest BCUT2D eigenvalue weighted by molar-refractivity contribution is 9.10. The van der Waals surface area contributed by atoms with Gasteiger partial charge < -0.3 is 5.32 Å². The minimum absolute atomic E-state index is 0.568. The van der Waals surface area contributed by atoms with Crippen LogP contribution >= 0.6 is 15.9 Å². The van der Waals surface area contributed by atoms with Crippen LogP contribution in [0, 0.1) is 25.7 Å². The summed E-state index contributed by atoms with van der Waals surface area (Å²) in [6.45, 7) is 13.6. The molecule has 0 heterocycles. The van der Waals surface area contributed by atoms with Crippen LogP contribution < -0.4 is 5.32 Å². The summed E-state index contributed by atoms with van der Waals surface area (Å²) in [5.74, 6) is 1.46. The van der Waals surface area contributed by atoms with Crippen LogP contribution in [0.25, 0.3) is 0 Å². The van der Waals surface area contributed by atoms with E-state index in [4.69, 9.17) is 0 Å². The smallest absolute Gasteiger partial charge is 0.0402 e. The van der Waals surface area contributed by atoms with Crippen molar-refractivity contribution in [2.45, 2.75) is 60.4 Å². The molecule has 108 valence electrons. The molecule has 0 fully saturated rings. The van der Waals surface area contributed by atoms with Crippen LogP contribution in [0.3, 0.4) is 0 Å². The predicted molar refractivity (Wildman–Crippen MR) is 89.9 cm³/mol. The van der Waals surface area contributed by atoms with E-state index in [9.17, 15) is 0 Å². The van der Waals surface area contributed by atoms with E-state index in [0.29, 0.717) is 6.04 Å². The molecule has 0 aliphatic carbocycles. The number of hydrogen-bond acceptors (Lipinski definition) is 1. The third-order valence-corrected chi connectivity index (χ3v) is 3.82. The van der Waals surface area contributed by atoms with Gasteiger partial charge in [-0.2, -0.15) is 0 Å². The summed E-state index contributed by atoms with van der Waals surface area (Å²) >= 11 is 3.57. The monoisotopic (exact) mass is 325 g/mol. The fourth-order valence-electron chi connectivity index (χ4n) is 2.69. The van der Waals surface area contributed by atoms with E-state index in [1.165, 1.54) is 29.7 Å². The molecule has 0 aliphatic heterocycles. The first-order chi connectivity index (χ1) is 8.79. The lowest BCUT2D eigenvalue weighted by Crippen LogP contribution is -2.24. The van der Waals surface area contributed by atoms with E-state index in [1.54, 1.807) is 0 Å². The second-order valence-corrected chi connectivity index (χ2v) is 7.43. The third kappa shape index (κ3) is 5.56. The van der Waals surface area contributed by atoms with Crippen LogP contribution in [0.4, 0.5) is 5.69 Å². The molecule has 0 unspecified atom stereocenters. The zero-order valence-electron chi connectivity index (χ0n) is 13.2. The Balaban J connectivity index is 2.89. The number of aryl methyl sites for hydroxylation is 2. The zero-order chi connectivity index (χ0) is 14.6. The first kappa shape index (κ1) is 16.6. The van der Waals surface area contributed by atoms with Gasteiger partial charge in [0.1, 0.15) is 0 Å². The average molecular weight is 326 g/mol. The van der Waals surface area contributed by atoms with Crippen molar-refractivity contribution in [3.63, 3.8) is 0 Å². The summed E-state index contributed by atoms with van der Waals surface area (Å²) in [6, 6.07) is 4.95. The lowest BCUT2D eigenvalue weighted by molar-refractivity contribution is 0.442. The number of halogens is 1. The lowest BCUT2D eigenvalue weighted by atomic mass is 9.94. The van der Waals surface area contributed by atoms with Crippen LogP contribution in [0.5, 0.6) is 0 Å². The van der Waals surface area contributed by atoms with Gasteiger partial charge in [0.15, 0.2) is 0 Å². The SMILES string of the molecule is Cc1cc(Br)cc(C)c1NC(CC(C)C)CC(C)C. The van der Waals surface area contributed by atoms with Crippen molar-refractivity contribution in [3.8, 4) is 0 Å². The van der Waals surface area contributed by atoms with Gasteiger partial charge in [-0.3, -0.25) is 0 Å². The molecule has 1 nitrogen and oxygen atoms in total. The quantitative estimate of drug-likeness (QED) is 0.682. The molecule has 1 aromatic carbocycles. The fourth-order valence-corrected chi connectivity index (χ4v) is 3.38. The highest BCUT2D eigenvalue weighted by atomic mass is 79.9. The number of benzene rings is 1. The van der Waals surface area contributed by atoms with E-state index in [2.05, 4.69) is 74.9 Å². The summed E-state index contributed by atoms with van der Waals surface area (Å²) in [5.41, 5.74) is 3.96. The highest BCUT2D eigenvalue weighted by Gasteiger charge is 2.15. The second kappa shape index (κ2) is 7.33. The number of hydrogen-bond donors (Lipinski definition) is 1. The van der Waals surface area contributed by atoms with E-state index in [1.807, 2.05) is 0 Å². The normalized spacial score (nSPS) is 11.7. The Kier molecular flexibility index (Phi) is 6.38. The molecule has 0 atom stereocenters. The van der Waals surface area contributed by atoms with Gasteiger partial charge in [0.05, 0.1) is 0 Å². The van der Waals surface area contributed by atoms with Crippen molar-refractivity contribution < 1.29 is 0 Å². The number of anilines is 1. The van der Waals surface area contributed by atoms with Gasteiger partial charge in [0, 0.05) is 16.2 Å². The molecule has 0 amide bonds. The molecule has 0 saturated carbocycles. The summed E-state index contributed by atoms with van der Waals surface area (Å²) in [6.07, 6.45) is 2.46. The molecular weight excluding hydrogens is 298 g/mol. The summed E-state index contributed by atoms with van der Waals surface area (Å²) in [7, 11) is 0. The molecule has 0 saturated heterocycles. The molecule has 1 aromatic rings. The van der Waals surface area contributed by atoms with Gasteiger partial charge in [-0.1, -0.05) is 43.6 Å². The minimum Gasteiger partial charge on any atom is -0.382 e. The van der Waals surface area contributed by atoms with Gasteiger partial charge in [0.2, 0.25) is 0 Å². The maximum atomic E-state index is 3.78. The highest BCUT2D eigenvalue weighted by Crippen LogP contribution is 2.28. The molecule has 1 rings (SSSR count). The first-order valence-corrected chi connectivity index (χ1v) is 8.12. The van der Waals surface area contributed by atoms with Crippen molar-refractivity contribution in [1.82, 2.24) is 0 Å². The summed E-state index contributed by atoms with van der Waals surface area (Å²) in [5, 5.41) is 3.78. The first-order valence-electron chi connectivity index (χ1n) is 7.32. The number of rotatable bonds is 6. The van der Waals surface area contributed by atoms with E-state index in [0.717, 1.165) is 16.3 Å². The summed E-state index contributed by atoms with van der Waals surface area (Å²) < 4.78 is 1.16. The van der Waals surface area contributed by atoms with Crippen molar-refractivity contribution in [2.24, 2.45) is 11.8 Å². The minimum atomic E-state index is 0.568. The largest absolute Gasteiger partial charge is 0.382 e. The predicted octanol–water partition coefficient (Wildman–Crippen LogP) is 5.94. The molecule has 0 bridgehead atoms. The standard InChI is InChI=1S/C17H28BrN/c1-11(2)7-16(8-12(3)4)19-17-13(5)9-15(18)10-14(17)6/h9-12,16,19H,7-8H2,1-6H3. The van der Waals surface area contributed by atoms with E-state index >= 15 is 0 Å². The average Bonchev–Trinajstić information content (AvgIpc) is 2.21. The fraction of sp³-hybridized carbons (Fsp3) is 0.647. The van der Waals surface area contributed by atoms with Crippen LogP contribution in [0.1, 0.15) is 51.7 Å². The van der Waals surface area contributed by atoms with Gasteiger partial charge >= 0.3 is 0 Å². The Morgan fingerprint density at radius 1 is 0.947 bits per heavy atom. The van der Waals surface area contributed by atoms with Gasteiger partial charge in [-0.05, 0) is 61.8 Å². The molecule has 2 heteroatoms. The Morgan fingerprint density at radius 3 is 1.74 bits per heavy atom. The van der Waals surface area contributed by atoms with Crippen LogP contribution in [0.15, 0.2) is 16.6 Å². The van der Waals surface area contributed by atoms with Crippen molar-refractivity contribution in [1.29, 1.82) is 0 Å². The molecule has 0 radical (unpaired) electrons. The Labute approximate surface area is 127 Å². The topological polar surface area (TPSA) is 12.0 Å². The molecule has 1 N–H and O–H groups in total. The summed E-state index contributed by atoms with van der Waals surface area (Å²) in [4.78, 5) is 0. The number of nitrogens with one attached hydrogen (secondary N) is 1.